The summed E-state index contributed by atoms with van der Waals surface area (Å²) in [6, 6.07) is 0. The summed E-state index contributed by atoms with van der Waals surface area (Å²) in [6.45, 7) is 8.20. The Hall–Kier alpha value is 0.270. The van der Waals surface area contributed by atoms with E-state index in [0.717, 1.165) is 12.5 Å². The summed E-state index contributed by atoms with van der Waals surface area (Å²) >= 11 is 2.06. The Morgan fingerprint density at radius 2 is 2.38 bits per heavy atom. The lowest BCUT2D eigenvalue weighted by Gasteiger charge is -2.24. The average molecular weight is 203 g/mol. The second-order valence-electron chi connectivity index (χ2n) is 4.23. The molecule has 1 heterocycles. The molecule has 1 saturated heterocycles. The number of thioether (sulfide) groups is 1. The summed E-state index contributed by atoms with van der Waals surface area (Å²) in [5.41, 5.74) is 0. The Bertz CT molecular complexity index is 143. The fourth-order valence-corrected chi connectivity index (χ4v) is 2.79. The van der Waals surface area contributed by atoms with Crippen molar-refractivity contribution in [3.05, 3.63) is 0 Å². The summed E-state index contributed by atoms with van der Waals surface area (Å²) in [5.74, 6) is 3.78. The second kappa shape index (κ2) is 5.89. The first-order chi connectivity index (χ1) is 6.22. The SMILES string of the molecule is CC(CO)CN1CCSCC(C)C1. The largest absolute Gasteiger partial charge is 0.396 e. The zero-order valence-electron chi connectivity index (χ0n) is 8.70. The van der Waals surface area contributed by atoms with Crippen LogP contribution >= 0.6 is 11.8 Å². The van der Waals surface area contributed by atoms with E-state index in [1.807, 2.05) is 0 Å². The van der Waals surface area contributed by atoms with Gasteiger partial charge in [-0.1, -0.05) is 13.8 Å². The average Bonchev–Trinajstić information content (AvgIpc) is 2.30. The maximum atomic E-state index is 8.97. The van der Waals surface area contributed by atoms with Gasteiger partial charge in [0, 0.05) is 32.0 Å². The molecule has 2 unspecified atom stereocenters. The molecule has 2 atom stereocenters. The van der Waals surface area contributed by atoms with Gasteiger partial charge in [0.25, 0.3) is 0 Å². The first kappa shape index (κ1) is 11.3. The normalized spacial score (nSPS) is 28.4. The van der Waals surface area contributed by atoms with Crippen molar-refractivity contribution in [3.8, 4) is 0 Å². The molecule has 3 heteroatoms. The van der Waals surface area contributed by atoms with Crippen molar-refractivity contribution in [2.24, 2.45) is 11.8 Å². The van der Waals surface area contributed by atoms with Crippen LogP contribution < -0.4 is 0 Å². The molecule has 1 aliphatic heterocycles. The smallest absolute Gasteiger partial charge is 0.0468 e. The van der Waals surface area contributed by atoms with Gasteiger partial charge in [0.2, 0.25) is 0 Å². The van der Waals surface area contributed by atoms with Gasteiger partial charge in [0.15, 0.2) is 0 Å². The lowest BCUT2D eigenvalue weighted by molar-refractivity contribution is 0.170. The summed E-state index contributed by atoms with van der Waals surface area (Å²) < 4.78 is 0. The van der Waals surface area contributed by atoms with Crippen LogP contribution in [0.25, 0.3) is 0 Å². The van der Waals surface area contributed by atoms with Crippen molar-refractivity contribution < 1.29 is 5.11 Å². The van der Waals surface area contributed by atoms with Gasteiger partial charge >= 0.3 is 0 Å². The third-order valence-corrected chi connectivity index (χ3v) is 3.68. The molecule has 2 nitrogen and oxygen atoms in total. The maximum absolute atomic E-state index is 8.97. The zero-order valence-corrected chi connectivity index (χ0v) is 9.52. The number of nitrogens with zero attached hydrogens (tertiary/aromatic N) is 1. The molecule has 0 saturated carbocycles. The third kappa shape index (κ3) is 4.34. The third-order valence-electron chi connectivity index (χ3n) is 2.41. The minimum Gasteiger partial charge on any atom is -0.396 e. The summed E-state index contributed by atoms with van der Waals surface area (Å²) in [7, 11) is 0. The van der Waals surface area contributed by atoms with Crippen LogP contribution in [-0.4, -0.2) is 47.8 Å². The van der Waals surface area contributed by atoms with Gasteiger partial charge in [-0.25, -0.2) is 0 Å². The van der Waals surface area contributed by atoms with E-state index in [9.17, 15) is 0 Å². The summed E-state index contributed by atoms with van der Waals surface area (Å²) in [4.78, 5) is 2.49. The highest BCUT2D eigenvalue weighted by molar-refractivity contribution is 7.99. The van der Waals surface area contributed by atoms with E-state index in [0.29, 0.717) is 12.5 Å². The van der Waals surface area contributed by atoms with E-state index in [2.05, 4.69) is 30.5 Å². The van der Waals surface area contributed by atoms with Crippen molar-refractivity contribution in [2.75, 3.05) is 37.7 Å². The number of aliphatic hydroxyl groups excluding tert-OH is 1. The number of hydrogen-bond donors (Lipinski definition) is 1. The Kier molecular flexibility index (Phi) is 5.14. The number of rotatable bonds is 3. The van der Waals surface area contributed by atoms with E-state index >= 15 is 0 Å². The molecule has 0 aromatic heterocycles. The topological polar surface area (TPSA) is 23.5 Å². The quantitative estimate of drug-likeness (QED) is 0.748. The van der Waals surface area contributed by atoms with Gasteiger partial charge < -0.3 is 10.0 Å². The van der Waals surface area contributed by atoms with Crippen molar-refractivity contribution in [2.45, 2.75) is 13.8 Å². The molecule has 0 amide bonds. The van der Waals surface area contributed by atoms with Crippen LogP contribution in [0.1, 0.15) is 13.8 Å². The highest BCUT2D eigenvalue weighted by Gasteiger charge is 2.16. The first-order valence-electron chi connectivity index (χ1n) is 5.13. The molecule has 1 fully saturated rings. The van der Waals surface area contributed by atoms with E-state index < -0.39 is 0 Å². The lowest BCUT2D eigenvalue weighted by atomic mass is 10.1. The van der Waals surface area contributed by atoms with Crippen LogP contribution in [0.15, 0.2) is 0 Å². The van der Waals surface area contributed by atoms with Crippen LogP contribution in [-0.2, 0) is 0 Å². The molecule has 1 N–H and O–H groups in total. The summed E-state index contributed by atoms with van der Waals surface area (Å²) in [6.07, 6.45) is 0. The minimum absolute atomic E-state index is 0.317. The van der Waals surface area contributed by atoms with Crippen LogP contribution in [0, 0.1) is 11.8 Å². The Morgan fingerprint density at radius 1 is 1.62 bits per heavy atom. The Labute approximate surface area is 85.7 Å². The molecular formula is C10H21NOS. The number of hydrogen-bond acceptors (Lipinski definition) is 3. The fraction of sp³-hybridized carbons (Fsp3) is 1.00. The second-order valence-corrected chi connectivity index (χ2v) is 5.38. The van der Waals surface area contributed by atoms with Crippen LogP contribution in [0.4, 0.5) is 0 Å². The van der Waals surface area contributed by atoms with Gasteiger partial charge in [-0.3, -0.25) is 0 Å². The fourth-order valence-electron chi connectivity index (χ4n) is 1.73. The number of aliphatic hydroxyl groups is 1. The van der Waals surface area contributed by atoms with Crippen LogP contribution in [0.3, 0.4) is 0 Å². The lowest BCUT2D eigenvalue weighted by Crippen LogP contribution is -2.34. The Morgan fingerprint density at radius 3 is 3.08 bits per heavy atom. The highest BCUT2D eigenvalue weighted by atomic mass is 32.2. The predicted molar refractivity (Wildman–Crippen MR) is 59.2 cm³/mol. The predicted octanol–water partition coefficient (Wildman–Crippen LogP) is 1.30. The van der Waals surface area contributed by atoms with Crippen molar-refractivity contribution >= 4 is 11.8 Å². The van der Waals surface area contributed by atoms with Gasteiger partial charge in [-0.2, -0.15) is 11.8 Å². The van der Waals surface area contributed by atoms with Crippen molar-refractivity contribution in [3.63, 3.8) is 0 Å². The van der Waals surface area contributed by atoms with Crippen molar-refractivity contribution in [1.29, 1.82) is 0 Å². The molecule has 0 aliphatic carbocycles. The molecule has 0 radical (unpaired) electrons. The van der Waals surface area contributed by atoms with E-state index in [1.165, 1.54) is 24.6 Å². The van der Waals surface area contributed by atoms with E-state index in [-0.39, 0.29) is 0 Å². The standard InChI is InChI=1S/C10H21NOS/c1-9(7-12)5-11-3-4-13-8-10(2)6-11/h9-10,12H,3-8H2,1-2H3. The van der Waals surface area contributed by atoms with Gasteiger partial charge in [0.05, 0.1) is 0 Å². The Balaban J connectivity index is 2.30. The van der Waals surface area contributed by atoms with Gasteiger partial charge in [-0.05, 0) is 17.6 Å². The first-order valence-corrected chi connectivity index (χ1v) is 6.28. The van der Waals surface area contributed by atoms with Crippen LogP contribution in [0.5, 0.6) is 0 Å². The molecule has 0 aromatic carbocycles. The summed E-state index contributed by atoms with van der Waals surface area (Å²) in [5, 5.41) is 8.97. The van der Waals surface area contributed by atoms with E-state index in [1.54, 1.807) is 0 Å². The molecule has 1 aliphatic rings. The molecule has 0 bridgehead atoms. The molecule has 78 valence electrons. The maximum Gasteiger partial charge on any atom is 0.0468 e. The minimum atomic E-state index is 0.317. The van der Waals surface area contributed by atoms with Gasteiger partial charge in [0.1, 0.15) is 0 Å². The monoisotopic (exact) mass is 203 g/mol. The zero-order chi connectivity index (χ0) is 9.68. The molecule has 0 aromatic rings. The molecule has 0 spiro atoms. The van der Waals surface area contributed by atoms with Crippen LogP contribution in [0.2, 0.25) is 0 Å². The van der Waals surface area contributed by atoms with Gasteiger partial charge in [-0.15, -0.1) is 0 Å². The highest BCUT2D eigenvalue weighted by Crippen LogP contribution is 2.15. The van der Waals surface area contributed by atoms with Crippen molar-refractivity contribution in [1.82, 2.24) is 4.90 Å². The molecule has 13 heavy (non-hydrogen) atoms. The van der Waals surface area contributed by atoms with E-state index in [4.69, 9.17) is 5.11 Å². The molecule has 1 rings (SSSR count). The molecular weight excluding hydrogens is 182 g/mol.